The van der Waals surface area contributed by atoms with E-state index >= 15 is 0 Å². The lowest BCUT2D eigenvalue weighted by Crippen LogP contribution is -2.49. The maximum Gasteiger partial charge on any atom is 0.286 e. The van der Waals surface area contributed by atoms with Gasteiger partial charge in [0.15, 0.2) is 0 Å². The molecule has 10 nitrogen and oxygen atoms in total. The van der Waals surface area contributed by atoms with Crippen LogP contribution in [0.25, 0.3) is 0 Å². The van der Waals surface area contributed by atoms with E-state index in [1.54, 1.807) is 31.0 Å². The summed E-state index contributed by atoms with van der Waals surface area (Å²) in [6, 6.07) is 11.8. The Morgan fingerprint density at radius 2 is 2.02 bits per heavy atom. The van der Waals surface area contributed by atoms with E-state index in [4.69, 9.17) is 21.1 Å². The number of hydrogen-bond acceptors (Lipinski definition) is 7. The number of ether oxygens (including phenoxy) is 2. The molecule has 276 valence electrons. The van der Waals surface area contributed by atoms with E-state index in [0.29, 0.717) is 54.6 Å². The van der Waals surface area contributed by atoms with Crippen molar-refractivity contribution in [1.82, 2.24) is 14.5 Å². The van der Waals surface area contributed by atoms with Crippen LogP contribution in [0.3, 0.4) is 0 Å². The Morgan fingerprint density at radius 1 is 1.17 bits per heavy atom. The number of methoxy groups -OCH3 is 1. The van der Waals surface area contributed by atoms with Gasteiger partial charge in [-0.2, -0.15) is 5.10 Å². The van der Waals surface area contributed by atoms with Crippen LogP contribution in [0.15, 0.2) is 65.3 Å². The summed E-state index contributed by atoms with van der Waals surface area (Å²) in [5.41, 5.74) is 3.80. The van der Waals surface area contributed by atoms with E-state index in [1.807, 2.05) is 32.0 Å². The number of carbonyl (C=O) groups excluding carboxylic acids is 2. The van der Waals surface area contributed by atoms with Crippen LogP contribution >= 0.6 is 11.6 Å². The van der Waals surface area contributed by atoms with Gasteiger partial charge in [0.25, 0.3) is 11.8 Å². The number of allylic oxidation sites excluding steroid dienone is 1. The molecule has 1 spiro atoms. The number of rotatable bonds is 4. The van der Waals surface area contributed by atoms with E-state index in [9.17, 15) is 13.8 Å². The number of benzene rings is 2. The molecule has 52 heavy (non-hydrogen) atoms. The average molecular weight is 746 g/mol. The Bertz CT molecular complexity index is 2060. The predicted molar refractivity (Wildman–Crippen MR) is 202 cm³/mol. The van der Waals surface area contributed by atoms with Gasteiger partial charge < -0.3 is 14.4 Å². The van der Waals surface area contributed by atoms with Gasteiger partial charge in [0, 0.05) is 48.9 Å². The summed E-state index contributed by atoms with van der Waals surface area (Å²) < 4.78 is 36.3. The van der Waals surface area contributed by atoms with Gasteiger partial charge in [-0.15, -0.1) is 4.36 Å². The van der Waals surface area contributed by atoms with Crippen molar-refractivity contribution >= 4 is 39.0 Å². The van der Waals surface area contributed by atoms with Gasteiger partial charge in [0.1, 0.15) is 15.7 Å². The highest BCUT2D eigenvalue weighted by Crippen LogP contribution is 2.61. The van der Waals surface area contributed by atoms with Crippen molar-refractivity contribution in [3.8, 4) is 5.75 Å². The molecule has 3 aromatic rings. The molecule has 8 rings (SSSR count). The van der Waals surface area contributed by atoms with Gasteiger partial charge in [-0.05, 0) is 117 Å². The maximum atomic E-state index is 14.8. The Hall–Kier alpha value is -3.67. The summed E-state index contributed by atoms with van der Waals surface area (Å²) in [7, 11) is -1.83. The first-order valence-electron chi connectivity index (χ1n) is 18.7. The highest BCUT2D eigenvalue weighted by atomic mass is 35.5. The highest BCUT2D eigenvalue weighted by molar-refractivity contribution is 7.93. The summed E-state index contributed by atoms with van der Waals surface area (Å²) in [6.45, 7) is 8.30. The molecule has 0 radical (unpaired) electrons. The van der Waals surface area contributed by atoms with Crippen molar-refractivity contribution in [3.05, 3.63) is 88.2 Å². The molecule has 2 aromatic carbocycles. The van der Waals surface area contributed by atoms with Crippen LogP contribution in [0.2, 0.25) is 5.02 Å². The summed E-state index contributed by atoms with van der Waals surface area (Å²) in [6.07, 6.45) is 12.2. The molecule has 2 saturated carbocycles. The number of nitrogens with one attached hydrogen (secondary N) is 1. The second-order valence-electron chi connectivity index (χ2n) is 15.7. The zero-order valence-electron chi connectivity index (χ0n) is 30.3. The molecule has 9 atom stereocenters. The predicted octanol–water partition coefficient (Wildman–Crippen LogP) is 7.18. The Kier molecular flexibility index (Phi) is 9.27. The zero-order valence-corrected chi connectivity index (χ0v) is 31.9. The maximum absolute atomic E-state index is 14.8. The molecule has 2 amide bonds. The molecule has 1 unspecified atom stereocenters. The van der Waals surface area contributed by atoms with Crippen molar-refractivity contribution in [2.24, 2.45) is 28.0 Å². The summed E-state index contributed by atoms with van der Waals surface area (Å²) in [5.74, 6) is 1.19. The molecular weight excluding hydrogens is 698 g/mol. The quantitative estimate of drug-likeness (QED) is 0.282. The number of halogens is 1. The van der Waals surface area contributed by atoms with E-state index in [0.717, 1.165) is 43.1 Å². The monoisotopic (exact) mass is 745 g/mol. The summed E-state index contributed by atoms with van der Waals surface area (Å²) in [5, 5.41) is 4.31. The molecule has 3 aliphatic carbocycles. The third kappa shape index (κ3) is 6.36. The van der Waals surface area contributed by atoms with Crippen LogP contribution in [-0.2, 0) is 26.6 Å². The lowest BCUT2D eigenvalue weighted by molar-refractivity contribution is 0.0131. The number of hydrogen-bond donors (Lipinski definition) is 1. The smallest absolute Gasteiger partial charge is 0.286 e. The third-order valence-electron chi connectivity index (χ3n) is 12.5. The number of aryl methyl sites for hydroxylation is 1. The lowest BCUT2D eigenvalue weighted by Gasteiger charge is -2.46. The fourth-order valence-corrected chi connectivity index (χ4v) is 11.1. The molecule has 1 aromatic heterocycles. The number of fused-ring (bicyclic) bond motifs is 6. The first-order valence-corrected chi connectivity index (χ1v) is 20.6. The van der Waals surface area contributed by atoms with E-state index in [1.165, 1.54) is 23.7 Å². The average Bonchev–Trinajstić information content (AvgIpc) is 3.77. The Morgan fingerprint density at radius 3 is 2.77 bits per heavy atom. The molecule has 12 heteroatoms. The van der Waals surface area contributed by atoms with E-state index in [-0.39, 0.29) is 23.0 Å². The summed E-state index contributed by atoms with van der Waals surface area (Å²) in [4.78, 5) is 30.0. The van der Waals surface area contributed by atoms with Gasteiger partial charge in [-0.3, -0.25) is 19.0 Å². The molecule has 5 aliphatic rings. The Labute approximate surface area is 311 Å². The van der Waals surface area contributed by atoms with Gasteiger partial charge in [-0.25, -0.2) is 4.21 Å². The van der Waals surface area contributed by atoms with Gasteiger partial charge in [0.05, 0.1) is 35.4 Å². The normalized spacial score (nSPS) is 34.4. The number of amides is 2. The molecule has 0 saturated heterocycles. The third-order valence-corrected chi connectivity index (χ3v) is 15.2. The fourth-order valence-electron chi connectivity index (χ4n) is 9.06. The number of anilines is 1. The Balaban J connectivity index is 1.22. The van der Waals surface area contributed by atoms with Crippen LogP contribution in [0, 0.1) is 23.7 Å². The van der Waals surface area contributed by atoms with Crippen molar-refractivity contribution in [1.29, 1.82) is 0 Å². The van der Waals surface area contributed by atoms with Crippen molar-refractivity contribution in [3.63, 3.8) is 0 Å². The zero-order chi connectivity index (χ0) is 36.4. The van der Waals surface area contributed by atoms with Crippen molar-refractivity contribution in [2.45, 2.75) is 82.1 Å². The van der Waals surface area contributed by atoms with Crippen molar-refractivity contribution < 1.29 is 23.3 Å². The second-order valence-corrected chi connectivity index (χ2v) is 18.4. The molecule has 2 aliphatic heterocycles. The molecular formula is C40H48ClN5O5S. The van der Waals surface area contributed by atoms with Crippen LogP contribution in [0.1, 0.15) is 90.6 Å². The second kappa shape index (κ2) is 13.6. The molecule has 2 bridgehead atoms. The standard InChI is InChI=1S/C40H48ClN5O5S/c1-5-46-21-29(19-42-46)39(48)44-52(49)25(3)24(2)7-6-8-36(50-4)31-12-9-27(31)20-45-22-40(18-28-15-32(28)33-17-30(41)11-13-34(33)40)23-51-37-14-10-26(16-35(37)45)38(47)43-52/h6,8,10-11,13-14,16-17,19,21,24-25,27-28,31-32,36H,5,7,9,12,15,18,20,22-23H2,1-4H3,(H,43,44,47,48,49)/b8-6+/t24-,25+,27-,28-,31+,32-,36-,40-,52?/m0/s1. The first kappa shape index (κ1) is 35.4. The molecule has 3 heterocycles. The lowest BCUT2D eigenvalue weighted by atomic mass is 9.68. The fraction of sp³-hybridized carbons (Fsp3) is 0.525. The van der Waals surface area contributed by atoms with Crippen LogP contribution < -0.4 is 14.4 Å². The summed E-state index contributed by atoms with van der Waals surface area (Å²) >= 11 is 6.55. The van der Waals surface area contributed by atoms with Gasteiger partial charge in [-0.1, -0.05) is 36.7 Å². The van der Waals surface area contributed by atoms with Crippen LogP contribution in [-0.4, -0.2) is 64.0 Å². The minimum absolute atomic E-state index is 0.0626. The van der Waals surface area contributed by atoms with Gasteiger partial charge >= 0.3 is 0 Å². The topological polar surface area (TPSA) is 115 Å². The number of aromatic nitrogens is 2. The first-order chi connectivity index (χ1) is 25.0. The molecule has 1 N–H and O–H groups in total. The van der Waals surface area contributed by atoms with Crippen molar-refractivity contribution in [2.75, 3.05) is 31.7 Å². The number of carbonyl (C=O) groups is 2. The van der Waals surface area contributed by atoms with E-state index < -0.39 is 27.0 Å². The SMILES string of the molecule is CCn1cc(C(=O)NS2(=O)=NC(=O)c3ccc4c(c3)N(C[C@@H]3CC[C@H]3[C@@H](OC)/C=C/C[C@H](C)[C@H]2C)C[C@]2(CO4)C[C@@H]3C[C@@H]3c3cc(Cl)ccc32)cn1. The highest BCUT2D eigenvalue weighted by Gasteiger charge is 2.54. The van der Waals surface area contributed by atoms with Crippen LogP contribution in [0.5, 0.6) is 5.75 Å². The van der Waals surface area contributed by atoms with Gasteiger partial charge in [0.2, 0.25) is 0 Å². The minimum Gasteiger partial charge on any atom is -0.490 e. The minimum atomic E-state index is -3.60. The van der Waals surface area contributed by atoms with Crippen LogP contribution in [0.4, 0.5) is 5.69 Å². The van der Waals surface area contributed by atoms with E-state index in [2.05, 4.69) is 43.4 Å². The number of nitrogens with zero attached hydrogens (tertiary/aromatic N) is 4. The molecule has 2 fully saturated rings. The largest absolute Gasteiger partial charge is 0.490 e.